The highest BCUT2D eigenvalue weighted by Gasteiger charge is 2.39. The molecule has 9 nitrogen and oxygen atoms in total. The number of hydrogen-bond donors (Lipinski definition) is 5. The van der Waals surface area contributed by atoms with Crippen LogP contribution in [0.15, 0.2) is 12.1 Å². The molecule has 1 amide bonds. The van der Waals surface area contributed by atoms with Gasteiger partial charge >= 0.3 is 7.12 Å². The number of likely N-dealkylation sites (tertiary alicyclic amines) is 1. The first-order chi connectivity index (χ1) is 12.9. The van der Waals surface area contributed by atoms with Crippen LogP contribution in [0.2, 0.25) is 6.32 Å². The number of carbonyl (C=O) groups is 1. The van der Waals surface area contributed by atoms with Crippen molar-refractivity contribution in [2.45, 2.75) is 43.7 Å². The average Bonchev–Trinajstić information content (AvgIpc) is 3.02. The lowest BCUT2D eigenvalue weighted by molar-refractivity contribution is -0.142. The van der Waals surface area contributed by atoms with E-state index in [1.54, 1.807) is 17.0 Å². The molecule has 2 fully saturated rings. The topological polar surface area (TPSA) is 132 Å². The monoisotopic (exact) mass is 378 g/mol. The molecule has 27 heavy (non-hydrogen) atoms. The summed E-state index contributed by atoms with van der Waals surface area (Å²) in [5, 5.41) is 41.8. The Hall–Kier alpha value is -1.85. The number of ether oxygens (including phenoxy) is 1. The summed E-state index contributed by atoms with van der Waals surface area (Å²) in [6.07, 6.45) is -1.15. The second-order valence-electron chi connectivity index (χ2n) is 7.28. The molecule has 2 saturated heterocycles. The van der Waals surface area contributed by atoms with Crippen LogP contribution in [0.3, 0.4) is 0 Å². The van der Waals surface area contributed by atoms with E-state index in [4.69, 9.17) is 9.39 Å². The predicted molar refractivity (Wildman–Crippen MR) is 94.1 cm³/mol. The van der Waals surface area contributed by atoms with Crippen LogP contribution >= 0.6 is 0 Å². The average molecular weight is 378 g/mol. The van der Waals surface area contributed by atoms with Crippen LogP contribution in [0.4, 0.5) is 0 Å². The molecule has 2 atom stereocenters. The molecule has 3 aliphatic rings. The molecule has 0 aliphatic carbocycles. The number of nitrogens with zero attached hydrogens (tertiary/aromatic N) is 1. The minimum absolute atomic E-state index is 0.0642. The quantitative estimate of drug-likeness (QED) is 0.313. The third-order valence-corrected chi connectivity index (χ3v) is 5.27. The molecule has 0 radical (unpaired) electrons. The van der Waals surface area contributed by atoms with Crippen molar-refractivity contribution >= 4 is 13.0 Å². The highest BCUT2D eigenvalue weighted by atomic mass is 16.5. The van der Waals surface area contributed by atoms with E-state index in [0.717, 1.165) is 5.56 Å². The number of hydrogen-bond acceptors (Lipinski definition) is 8. The summed E-state index contributed by atoms with van der Waals surface area (Å²) in [7, 11) is -0.990. The van der Waals surface area contributed by atoms with Gasteiger partial charge in [-0.1, -0.05) is 6.07 Å². The first-order valence-electron chi connectivity index (χ1n) is 9.16. The van der Waals surface area contributed by atoms with Crippen LogP contribution < -0.4 is 14.7 Å². The Morgan fingerprint density at radius 1 is 1.37 bits per heavy atom. The highest BCUT2D eigenvalue weighted by molar-refractivity contribution is 6.44. The first-order valence-corrected chi connectivity index (χ1v) is 9.16. The van der Waals surface area contributed by atoms with Gasteiger partial charge in [0.1, 0.15) is 17.6 Å². The summed E-state index contributed by atoms with van der Waals surface area (Å²) in [6, 6.07) is 3.08. The Kier molecular flexibility index (Phi) is 5.00. The van der Waals surface area contributed by atoms with Gasteiger partial charge in [0, 0.05) is 6.54 Å². The summed E-state index contributed by atoms with van der Waals surface area (Å²) in [5.74, 6) is 0.452. The molecule has 1 aromatic rings. The van der Waals surface area contributed by atoms with Crippen LogP contribution in [0.25, 0.3) is 0 Å². The summed E-state index contributed by atoms with van der Waals surface area (Å²) < 4.78 is 11.3. The first kappa shape index (κ1) is 18.5. The highest BCUT2D eigenvalue weighted by Crippen LogP contribution is 2.40. The van der Waals surface area contributed by atoms with Crippen molar-refractivity contribution in [3.8, 4) is 11.5 Å². The molecule has 1 aromatic carbocycles. The van der Waals surface area contributed by atoms with E-state index in [1.807, 2.05) is 0 Å². The number of aryl methyl sites for hydroxylation is 1. The van der Waals surface area contributed by atoms with E-state index < -0.39 is 19.5 Å². The van der Waals surface area contributed by atoms with Crippen LogP contribution in [0, 0.1) is 0 Å². The Morgan fingerprint density at radius 3 is 2.81 bits per heavy atom. The van der Waals surface area contributed by atoms with E-state index in [2.05, 4.69) is 5.32 Å². The number of aliphatic hydroxyl groups is 3. The second kappa shape index (κ2) is 7.29. The number of benzene rings is 1. The maximum absolute atomic E-state index is 12.3. The summed E-state index contributed by atoms with van der Waals surface area (Å²) in [6.45, 7) is 1.19. The Bertz CT molecular complexity index is 725. The van der Waals surface area contributed by atoms with Gasteiger partial charge in [0.05, 0.1) is 30.8 Å². The van der Waals surface area contributed by atoms with E-state index in [0.29, 0.717) is 38.8 Å². The summed E-state index contributed by atoms with van der Waals surface area (Å²) >= 11 is 0. The van der Waals surface area contributed by atoms with E-state index in [9.17, 15) is 25.1 Å². The second-order valence-corrected chi connectivity index (χ2v) is 7.28. The third kappa shape index (κ3) is 3.63. The van der Waals surface area contributed by atoms with Gasteiger partial charge in [0.15, 0.2) is 6.29 Å². The number of carbonyl (C=O) groups excluding carboxylic acids is 1. The molecule has 0 spiro atoms. The number of amides is 1. The van der Waals surface area contributed by atoms with Gasteiger partial charge in [-0.25, -0.2) is 0 Å². The van der Waals surface area contributed by atoms with Gasteiger partial charge < -0.3 is 40.0 Å². The van der Waals surface area contributed by atoms with Gasteiger partial charge in [-0.05, 0) is 30.8 Å². The molecule has 3 aliphatic heterocycles. The maximum Gasteiger partial charge on any atom is 0.522 e. The lowest BCUT2D eigenvalue weighted by Crippen LogP contribution is -2.59. The number of rotatable bonds is 4. The van der Waals surface area contributed by atoms with Crippen molar-refractivity contribution < 1.29 is 34.5 Å². The molecular formula is C17H23BN2O7. The van der Waals surface area contributed by atoms with Gasteiger partial charge in [0.25, 0.3) is 0 Å². The maximum atomic E-state index is 12.3. The van der Waals surface area contributed by atoms with Crippen LogP contribution in [0.5, 0.6) is 11.5 Å². The van der Waals surface area contributed by atoms with Crippen molar-refractivity contribution in [3.63, 3.8) is 0 Å². The molecule has 10 heteroatoms. The Balaban J connectivity index is 1.42. The Labute approximate surface area is 156 Å². The smallest absolute Gasteiger partial charge is 0.522 e. The summed E-state index contributed by atoms with van der Waals surface area (Å²) in [4.78, 5) is 14.0. The predicted octanol–water partition coefficient (Wildman–Crippen LogP) is -1.60. The Morgan fingerprint density at radius 2 is 2.15 bits per heavy atom. The number of β-amino-alcohol motifs (C(OH)–C–C–N with tert-alkyl or cyclic N) is 1. The fraction of sp³-hybridized carbons (Fsp3) is 0.588. The standard InChI is InChI=1S/C17H23BN2O7/c21-10-5-12(19-6-10)16(22)20-7-11(8-20)26-13-2-1-9-3-4-18(25)27-15(9)14(13)17(23)24/h1-2,10-12,17,19,21,23-25H,3-8H2/t10-,12-/m0/s1. The summed E-state index contributed by atoms with van der Waals surface area (Å²) in [5.41, 5.74) is 0.878. The molecule has 3 heterocycles. The largest absolute Gasteiger partial charge is 0.535 e. The van der Waals surface area contributed by atoms with Gasteiger partial charge in [-0.15, -0.1) is 0 Å². The molecule has 5 N–H and O–H groups in total. The van der Waals surface area contributed by atoms with Crippen LogP contribution in [-0.2, 0) is 11.2 Å². The molecule has 0 aromatic heterocycles. The van der Waals surface area contributed by atoms with Crippen LogP contribution in [0.1, 0.15) is 23.8 Å². The van der Waals surface area contributed by atoms with Gasteiger partial charge in [0.2, 0.25) is 5.91 Å². The number of fused-ring (bicyclic) bond motifs is 1. The van der Waals surface area contributed by atoms with Gasteiger partial charge in [-0.3, -0.25) is 4.79 Å². The molecular weight excluding hydrogens is 355 g/mol. The zero-order chi connectivity index (χ0) is 19.1. The number of nitrogens with one attached hydrogen (secondary N) is 1. The minimum atomic E-state index is -1.80. The SMILES string of the molecule is O=C([C@@H]1C[C@H](O)CN1)N1CC(Oc2ccc3c(c2C(O)O)OB(O)CC3)C1. The molecule has 0 unspecified atom stereocenters. The fourth-order valence-corrected chi connectivity index (χ4v) is 3.78. The van der Waals surface area contributed by atoms with Crippen molar-refractivity contribution in [2.24, 2.45) is 0 Å². The lowest BCUT2D eigenvalue weighted by Gasteiger charge is -2.40. The van der Waals surface area contributed by atoms with E-state index >= 15 is 0 Å². The van der Waals surface area contributed by atoms with Crippen molar-refractivity contribution in [1.82, 2.24) is 10.2 Å². The molecule has 146 valence electrons. The normalized spacial score (nSPS) is 25.2. The van der Waals surface area contributed by atoms with Crippen molar-refractivity contribution in [1.29, 1.82) is 0 Å². The molecule has 0 bridgehead atoms. The van der Waals surface area contributed by atoms with Crippen molar-refractivity contribution in [2.75, 3.05) is 19.6 Å². The fourth-order valence-electron chi connectivity index (χ4n) is 3.78. The zero-order valence-electron chi connectivity index (χ0n) is 14.7. The molecule has 4 rings (SSSR count). The van der Waals surface area contributed by atoms with Crippen molar-refractivity contribution in [3.05, 3.63) is 23.3 Å². The van der Waals surface area contributed by atoms with E-state index in [1.165, 1.54) is 0 Å². The lowest BCUT2D eigenvalue weighted by atomic mass is 9.78. The third-order valence-electron chi connectivity index (χ3n) is 5.27. The minimum Gasteiger partial charge on any atom is -0.535 e. The van der Waals surface area contributed by atoms with Crippen LogP contribution in [-0.4, -0.2) is 76.2 Å². The zero-order valence-corrected chi connectivity index (χ0v) is 14.7. The number of aliphatic hydroxyl groups excluding tert-OH is 2. The molecule has 0 saturated carbocycles. The van der Waals surface area contributed by atoms with E-state index in [-0.39, 0.29) is 35.1 Å². The van der Waals surface area contributed by atoms with Gasteiger partial charge in [-0.2, -0.15) is 0 Å².